The fourth-order valence-corrected chi connectivity index (χ4v) is 1.02. The molecule has 1 heterocycles. The van der Waals surface area contributed by atoms with Crippen LogP contribution in [0.15, 0.2) is 18.2 Å². The summed E-state index contributed by atoms with van der Waals surface area (Å²) in [6, 6.07) is 4.03. The summed E-state index contributed by atoms with van der Waals surface area (Å²) in [5.41, 5.74) is 0.0422. The van der Waals surface area contributed by atoms with Crippen LogP contribution >= 0.6 is 0 Å². The number of amides is 1. The van der Waals surface area contributed by atoms with Crippen molar-refractivity contribution in [2.75, 3.05) is 6.54 Å². The second-order valence-electron chi connectivity index (χ2n) is 3.24. The topological polar surface area (TPSA) is 62.2 Å². The molecule has 82 valence electrons. The molecule has 0 aliphatic rings. The lowest BCUT2D eigenvalue weighted by Gasteiger charge is -2.05. The number of hydrogen-bond acceptors (Lipinski definition) is 3. The van der Waals surface area contributed by atoms with Gasteiger partial charge in [0.2, 0.25) is 5.95 Å². The van der Waals surface area contributed by atoms with Crippen LogP contribution in [-0.2, 0) is 0 Å². The summed E-state index contributed by atoms with van der Waals surface area (Å²) in [5.74, 6) is -1.12. The minimum absolute atomic E-state index is 0.0422. The van der Waals surface area contributed by atoms with E-state index in [-0.39, 0.29) is 5.69 Å². The number of halogens is 1. The number of aliphatic hydroxyl groups excluding tert-OH is 1. The maximum atomic E-state index is 12.6. The summed E-state index contributed by atoms with van der Waals surface area (Å²) in [6.45, 7) is 1.97. The van der Waals surface area contributed by atoms with Gasteiger partial charge in [0.15, 0.2) is 0 Å². The Morgan fingerprint density at radius 1 is 1.67 bits per heavy atom. The van der Waals surface area contributed by atoms with Crippen molar-refractivity contribution in [2.24, 2.45) is 0 Å². The van der Waals surface area contributed by atoms with Crippen LogP contribution in [0.5, 0.6) is 0 Å². The number of nitrogens with one attached hydrogen (secondary N) is 1. The second kappa shape index (κ2) is 5.41. The average Bonchev–Trinajstić information content (AvgIpc) is 2.17. The zero-order valence-electron chi connectivity index (χ0n) is 8.40. The lowest BCUT2D eigenvalue weighted by Crippen LogP contribution is -2.27. The smallest absolute Gasteiger partial charge is 0.269 e. The van der Waals surface area contributed by atoms with Crippen LogP contribution < -0.4 is 5.32 Å². The summed E-state index contributed by atoms with van der Waals surface area (Å²) < 4.78 is 12.6. The van der Waals surface area contributed by atoms with E-state index in [1.165, 1.54) is 18.2 Å². The van der Waals surface area contributed by atoms with Crippen molar-refractivity contribution >= 4 is 5.91 Å². The predicted octanol–water partition coefficient (Wildman–Crippen LogP) is 0.721. The summed E-state index contributed by atoms with van der Waals surface area (Å²) in [5, 5.41) is 11.5. The minimum Gasteiger partial charge on any atom is -0.393 e. The third-order valence-electron chi connectivity index (χ3n) is 1.80. The molecule has 5 heteroatoms. The largest absolute Gasteiger partial charge is 0.393 e. The Hall–Kier alpha value is -1.49. The van der Waals surface area contributed by atoms with Gasteiger partial charge < -0.3 is 10.4 Å². The molecule has 0 saturated carbocycles. The number of nitrogens with zero attached hydrogens (tertiary/aromatic N) is 1. The van der Waals surface area contributed by atoms with Crippen LogP contribution in [0.4, 0.5) is 4.39 Å². The Morgan fingerprint density at radius 2 is 2.40 bits per heavy atom. The van der Waals surface area contributed by atoms with Gasteiger partial charge in [0.25, 0.3) is 5.91 Å². The molecule has 0 aliphatic carbocycles. The quantitative estimate of drug-likeness (QED) is 0.723. The molecule has 0 aromatic carbocycles. The molecule has 0 fully saturated rings. The lowest BCUT2D eigenvalue weighted by molar-refractivity contribution is 0.0939. The first-order valence-electron chi connectivity index (χ1n) is 4.68. The average molecular weight is 212 g/mol. The first-order chi connectivity index (χ1) is 7.09. The van der Waals surface area contributed by atoms with Gasteiger partial charge >= 0.3 is 0 Å². The maximum Gasteiger partial charge on any atom is 0.269 e. The molecular weight excluding hydrogens is 199 g/mol. The molecule has 1 atom stereocenters. The molecule has 4 nitrogen and oxygen atoms in total. The van der Waals surface area contributed by atoms with E-state index in [0.29, 0.717) is 13.0 Å². The predicted molar refractivity (Wildman–Crippen MR) is 52.8 cm³/mol. The number of aromatic nitrogens is 1. The van der Waals surface area contributed by atoms with Crippen molar-refractivity contribution in [1.29, 1.82) is 0 Å². The van der Waals surface area contributed by atoms with Crippen molar-refractivity contribution in [1.82, 2.24) is 10.3 Å². The molecule has 15 heavy (non-hydrogen) atoms. The molecule has 0 spiro atoms. The van der Waals surface area contributed by atoms with Crippen molar-refractivity contribution in [3.63, 3.8) is 0 Å². The molecule has 1 aromatic rings. The van der Waals surface area contributed by atoms with Gasteiger partial charge in [-0.15, -0.1) is 0 Å². The van der Waals surface area contributed by atoms with Crippen molar-refractivity contribution in [3.05, 3.63) is 29.8 Å². The third-order valence-corrected chi connectivity index (χ3v) is 1.80. The number of rotatable bonds is 4. The second-order valence-corrected chi connectivity index (χ2v) is 3.24. The number of hydrogen-bond donors (Lipinski definition) is 2. The zero-order chi connectivity index (χ0) is 11.3. The van der Waals surface area contributed by atoms with Crippen LogP contribution in [-0.4, -0.2) is 28.6 Å². The zero-order valence-corrected chi connectivity index (χ0v) is 8.40. The van der Waals surface area contributed by atoms with Gasteiger partial charge in [-0.05, 0) is 25.5 Å². The first kappa shape index (κ1) is 11.6. The highest BCUT2D eigenvalue weighted by Crippen LogP contribution is 1.97. The molecule has 0 aliphatic heterocycles. The fourth-order valence-electron chi connectivity index (χ4n) is 1.02. The highest BCUT2D eigenvalue weighted by molar-refractivity contribution is 5.92. The first-order valence-corrected chi connectivity index (χ1v) is 4.68. The SMILES string of the molecule is CC(O)CCNC(=O)c1cccc(F)n1. The van der Waals surface area contributed by atoms with Crippen LogP contribution in [0.3, 0.4) is 0 Å². The number of carbonyl (C=O) groups excluding carboxylic acids is 1. The molecule has 1 aromatic heterocycles. The molecule has 1 rings (SSSR count). The van der Waals surface area contributed by atoms with Gasteiger partial charge in [-0.25, -0.2) is 4.98 Å². The number of aliphatic hydroxyl groups is 1. The molecule has 0 bridgehead atoms. The minimum atomic E-state index is -0.682. The van der Waals surface area contributed by atoms with E-state index >= 15 is 0 Å². The van der Waals surface area contributed by atoms with Crippen LogP contribution in [0.1, 0.15) is 23.8 Å². The van der Waals surface area contributed by atoms with Gasteiger partial charge in [0.05, 0.1) is 6.10 Å². The van der Waals surface area contributed by atoms with E-state index in [9.17, 15) is 9.18 Å². The monoisotopic (exact) mass is 212 g/mol. The number of pyridine rings is 1. The lowest BCUT2D eigenvalue weighted by atomic mass is 10.3. The van der Waals surface area contributed by atoms with E-state index in [2.05, 4.69) is 10.3 Å². The summed E-state index contributed by atoms with van der Waals surface area (Å²) in [4.78, 5) is 14.8. The van der Waals surface area contributed by atoms with Gasteiger partial charge in [0, 0.05) is 6.54 Å². The Kier molecular flexibility index (Phi) is 4.17. The van der Waals surface area contributed by atoms with Gasteiger partial charge in [-0.1, -0.05) is 6.07 Å². The normalized spacial score (nSPS) is 12.2. The van der Waals surface area contributed by atoms with E-state index < -0.39 is 18.0 Å². The summed E-state index contributed by atoms with van der Waals surface area (Å²) in [6.07, 6.45) is -0.00750. The molecular formula is C10H13FN2O2. The van der Waals surface area contributed by atoms with Crippen LogP contribution in [0, 0.1) is 5.95 Å². The van der Waals surface area contributed by atoms with Crippen molar-refractivity contribution < 1.29 is 14.3 Å². The molecule has 0 saturated heterocycles. The Bertz CT molecular complexity index is 342. The van der Waals surface area contributed by atoms with E-state index in [4.69, 9.17) is 5.11 Å². The van der Waals surface area contributed by atoms with E-state index in [0.717, 1.165) is 0 Å². The van der Waals surface area contributed by atoms with E-state index in [1.54, 1.807) is 6.92 Å². The fraction of sp³-hybridized carbons (Fsp3) is 0.400. The van der Waals surface area contributed by atoms with Crippen molar-refractivity contribution in [2.45, 2.75) is 19.4 Å². The number of carbonyl (C=O) groups is 1. The van der Waals surface area contributed by atoms with Gasteiger partial charge in [-0.2, -0.15) is 4.39 Å². The summed E-state index contributed by atoms with van der Waals surface area (Å²) in [7, 11) is 0. The molecule has 1 unspecified atom stereocenters. The standard InChI is InChI=1S/C10H13FN2O2/c1-7(14)5-6-12-10(15)8-3-2-4-9(11)13-8/h2-4,7,14H,5-6H2,1H3,(H,12,15). The van der Waals surface area contributed by atoms with Crippen LogP contribution in [0.25, 0.3) is 0 Å². The third kappa shape index (κ3) is 4.03. The van der Waals surface area contributed by atoms with E-state index in [1.807, 2.05) is 0 Å². The maximum absolute atomic E-state index is 12.6. The Labute approximate surface area is 87.1 Å². The molecule has 1 amide bonds. The van der Waals surface area contributed by atoms with Crippen LogP contribution in [0.2, 0.25) is 0 Å². The highest BCUT2D eigenvalue weighted by Gasteiger charge is 2.07. The van der Waals surface area contributed by atoms with Crippen molar-refractivity contribution in [3.8, 4) is 0 Å². The van der Waals surface area contributed by atoms with Gasteiger partial charge in [0.1, 0.15) is 5.69 Å². The summed E-state index contributed by atoms with van der Waals surface area (Å²) >= 11 is 0. The Morgan fingerprint density at radius 3 is 3.00 bits per heavy atom. The molecule has 0 radical (unpaired) electrons. The van der Waals surface area contributed by atoms with Gasteiger partial charge in [-0.3, -0.25) is 4.79 Å². The molecule has 2 N–H and O–H groups in total. The Balaban J connectivity index is 2.47. The highest BCUT2D eigenvalue weighted by atomic mass is 19.1.